The average Bonchev–Trinajstić information content (AvgIpc) is 3.48. The van der Waals surface area contributed by atoms with Crippen LogP contribution in [0.15, 0.2) is 83.8 Å². The van der Waals surface area contributed by atoms with E-state index < -0.39 is 46.2 Å². The van der Waals surface area contributed by atoms with Crippen LogP contribution in [0.3, 0.4) is 0 Å². The molecule has 12 heteroatoms. The highest BCUT2D eigenvalue weighted by Crippen LogP contribution is 2.33. The lowest BCUT2D eigenvalue weighted by molar-refractivity contribution is -0.139. The summed E-state index contributed by atoms with van der Waals surface area (Å²) in [5.41, 5.74) is -0.898. The molecule has 1 unspecified atom stereocenters. The topological polar surface area (TPSA) is 86.8 Å². The van der Waals surface area contributed by atoms with Crippen molar-refractivity contribution in [3.05, 3.63) is 95.0 Å². The van der Waals surface area contributed by atoms with Gasteiger partial charge in [0.15, 0.2) is 0 Å². The van der Waals surface area contributed by atoms with Gasteiger partial charge >= 0.3 is 6.18 Å². The van der Waals surface area contributed by atoms with Gasteiger partial charge in [0.05, 0.1) is 16.1 Å². The van der Waals surface area contributed by atoms with Crippen LogP contribution in [0, 0.1) is 0 Å². The number of benzene rings is 3. The molecule has 3 aromatic carbocycles. The Kier molecular flexibility index (Phi) is 9.83. The molecule has 1 fully saturated rings. The molecule has 0 saturated heterocycles. The Labute approximate surface area is 248 Å². The molecule has 42 heavy (non-hydrogen) atoms. The van der Waals surface area contributed by atoms with Crippen molar-refractivity contribution in [2.24, 2.45) is 0 Å². The van der Waals surface area contributed by atoms with Crippen LogP contribution in [0.4, 0.5) is 18.9 Å². The Balaban J connectivity index is 1.73. The molecule has 1 N–H and O–H groups in total. The third-order valence-corrected chi connectivity index (χ3v) is 9.40. The Hall–Kier alpha value is -3.57. The molecular formula is C30H31ClF3N3O4S. The minimum atomic E-state index is -4.74. The molecule has 7 nitrogen and oxygen atoms in total. The highest BCUT2D eigenvalue weighted by molar-refractivity contribution is 7.92. The van der Waals surface area contributed by atoms with Gasteiger partial charge in [0.2, 0.25) is 11.8 Å². The van der Waals surface area contributed by atoms with Crippen molar-refractivity contribution in [3.8, 4) is 0 Å². The summed E-state index contributed by atoms with van der Waals surface area (Å²) in [6.07, 6.45) is -1.16. The summed E-state index contributed by atoms with van der Waals surface area (Å²) in [5, 5.41) is 3.30. The zero-order valence-electron chi connectivity index (χ0n) is 22.9. The smallest absolute Gasteiger partial charge is 0.352 e. The van der Waals surface area contributed by atoms with Crippen molar-refractivity contribution in [2.75, 3.05) is 10.8 Å². The molecular weight excluding hydrogens is 591 g/mol. The van der Waals surface area contributed by atoms with Crippen LogP contribution in [-0.4, -0.2) is 43.8 Å². The maximum Gasteiger partial charge on any atom is 0.416 e. The number of nitrogens with one attached hydrogen (secondary N) is 1. The van der Waals surface area contributed by atoms with E-state index in [1.165, 1.54) is 42.2 Å². The standard InChI is InChI=1S/C30H31ClF3N3O4S/c1-21(29(39)35-24-12-6-7-13-24)36(19-22-10-5-8-17-27(22)31)28(38)20-37(42(40,41)26-15-3-2-4-16-26)25-14-9-11-23(18-25)30(32,33)34/h2-5,8-11,14-18,21,24H,6-7,12-13,19-20H2,1H3,(H,35,39). The minimum Gasteiger partial charge on any atom is -0.352 e. The minimum absolute atomic E-state index is 0.0303. The first kappa shape index (κ1) is 31.4. The Bertz CT molecular complexity index is 1510. The zero-order chi connectivity index (χ0) is 30.5. The van der Waals surface area contributed by atoms with Crippen LogP contribution < -0.4 is 9.62 Å². The number of hydrogen-bond acceptors (Lipinski definition) is 4. The first-order chi connectivity index (χ1) is 19.9. The lowest BCUT2D eigenvalue weighted by Gasteiger charge is -2.32. The molecule has 1 saturated carbocycles. The molecule has 224 valence electrons. The van der Waals surface area contributed by atoms with E-state index in [1.807, 2.05) is 0 Å². The molecule has 0 radical (unpaired) electrons. The summed E-state index contributed by atoms with van der Waals surface area (Å²) in [5.74, 6) is -1.21. The number of sulfonamides is 1. The number of rotatable bonds is 10. The number of alkyl halides is 3. The highest BCUT2D eigenvalue weighted by atomic mass is 35.5. The van der Waals surface area contributed by atoms with Gasteiger partial charge < -0.3 is 10.2 Å². The summed E-state index contributed by atoms with van der Waals surface area (Å²) in [6, 6.07) is 16.5. The zero-order valence-corrected chi connectivity index (χ0v) is 24.4. The number of carbonyl (C=O) groups is 2. The monoisotopic (exact) mass is 621 g/mol. The second kappa shape index (κ2) is 13.2. The molecule has 3 aromatic rings. The number of nitrogens with zero attached hydrogens (tertiary/aromatic N) is 2. The van der Waals surface area contributed by atoms with Crippen molar-refractivity contribution in [1.29, 1.82) is 0 Å². The van der Waals surface area contributed by atoms with Gasteiger partial charge in [0, 0.05) is 17.6 Å². The van der Waals surface area contributed by atoms with E-state index in [9.17, 15) is 31.2 Å². The van der Waals surface area contributed by atoms with Crippen molar-refractivity contribution < 1.29 is 31.2 Å². The maximum atomic E-state index is 14.0. The predicted molar refractivity (Wildman–Crippen MR) is 154 cm³/mol. The third kappa shape index (κ3) is 7.43. The van der Waals surface area contributed by atoms with Crippen molar-refractivity contribution in [2.45, 2.75) is 62.3 Å². The molecule has 0 bridgehead atoms. The average molecular weight is 622 g/mol. The van der Waals surface area contributed by atoms with Gasteiger partial charge in [0.1, 0.15) is 12.6 Å². The van der Waals surface area contributed by atoms with Crippen LogP contribution in [0.5, 0.6) is 0 Å². The van der Waals surface area contributed by atoms with E-state index in [2.05, 4.69) is 5.32 Å². The number of halogens is 4. The lowest BCUT2D eigenvalue weighted by Crippen LogP contribution is -2.52. The first-order valence-corrected chi connectivity index (χ1v) is 15.3. The van der Waals surface area contributed by atoms with Crippen molar-refractivity contribution >= 4 is 39.1 Å². The summed E-state index contributed by atoms with van der Waals surface area (Å²) >= 11 is 6.36. The van der Waals surface area contributed by atoms with Gasteiger partial charge in [-0.25, -0.2) is 8.42 Å². The van der Waals surface area contributed by atoms with E-state index in [0.29, 0.717) is 21.0 Å². The number of anilines is 1. The Morgan fingerprint density at radius 3 is 2.26 bits per heavy atom. The summed E-state index contributed by atoms with van der Waals surface area (Å²) in [7, 11) is -4.50. The van der Waals surface area contributed by atoms with Crippen LogP contribution >= 0.6 is 11.6 Å². The molecule has 0 spiro atoms. The van der Waals surface area contributed by atoms with Gasteiger partial charge in [0.25, 0.3) is 10.0 Å². The third-order valence-electron chi connectivity index (χ3n) is 7.24. The number of hydrogen-bond donors (Lipinski definition) is 1. The number of carbonyl (C=O) groups excluding carboxylic acids is 2. The second-order valence-corrected chi connectivity index (χ2v) is 12.4. The van der Waals surface area contributed by atoms with E-state index in [1.54, 1.807) is 30.3 Å². The molecule has 0 aromatic heterocycles. The second-order valence-electron chi connectivity index (χ2n) is 10.2. The summed E-state index contributed by atoms with van der Waals surface area (Å²) in [6.45, 7) is 0.545. The number of amides is 2. The van der Waals surface area contributed by atoms with Crippen molar-refractivity contribution in [1.82, 2.24) is 10.2 Å². The highest BCUT2D eigenvalue weighted by Gasteiger charge is 2.35. The normalized spacial score (nSPS) is 14.8. The van der Waals surface area contributed by atoms with Crippen LogP contribution in [0.2, 0.25) is 5.02 Å². The predicted octanol–water partition coefficient (Wildman–Crippen LogP) is 6.03. The Morgan fingerprint density at radius 2 is 1.62 bits per heavy atom. The molecule has 1 aliphatic carbocycles. The molecule has 4 rings (SSSR count). The summed E-state index contributed by atoms with van der Waals surface area (Å²) in [4.78, 5) is 28.2. The fourth-order valence-corrected chi connectivity index (χ4v) is 6.49. The van der Waals surface area contributed by atoms with E-state index in [0.717, 1.165) is 37.8 Å². The van der Waals surface area contributed by atoms with Crippen molar-refractivity contribution in [3.63, 3.8) is 0 Å². The first-order valence-electron chi connectivity index (χ1n) is 13.5. The summed E-state index contributed by atoms with van der Waals surface area (Å²) < 4.78 is 68.9. The largest absolute Gasteiger partial charge is 0.416 e. The Morgan fingerprint density at radius 1 is 0.976 bits per heavy atom. The van der Waals surface area contributed by atoms with Crippen LogP contribution in [0.25, 0.3) is 0 Å². The van der Waals surface area contributed by atoms with E-state index in [4.69, 9.17) is 11.6 Å². The van der Waals surface area contributed by atoms with Gasteiger partial charge in [-0.15, -0.1) is 0 Å². The van der Waals surface area contributed by atoms with Gasteiger partial charge in [-0.3, -0.25) is 13.9 Å². The molecule has 1 aliphatic rings. The molecule has 2 amide bonds. The molecule has 0 aliphatic heterocycles. The quantitative estimate of drug-likeness (QED) is 0.300. The molecule has 1 atom stereocenters. The maximum absolute atomic E-state index is 14.0. The lowest BCUT2D eigenvalue weighted by atomic mass is 10.1. The van der Waals surface area contributed by atoms with Crippen LogP contribution in [0.1, 0.15) is 43.7 Å². The van der Waals surface area contributed by atoms with Crippen LogP contribution in [-0.2, 0) is 32.3 Å². The van der Waals surface area contributed by atoms with E-state index >= 15 is 0 Å². The van der Waals surface area contributed by atoms with Gasteiger partial charge in [-0.1, -0.05) is 66.9 Å². The fraction of sp³-hybridized carbons (Fsp3) is 0.333. The van der Waals surface area contributed by atoms with E-state index in [-0.39, 0.29) is 23.2 Å². The van der Waals surface area contributed by atoms with Gasteiger partial charge in [-0.2, -0.15) is 13.2 Å². The van der Waals surface area contributed by atoms with Gasteiger partial charge in [-0.05, 0) is 61.7 Å². The SMILES string of the molecule is CC(C(=O)NC1CCCC1)N(Cc1ccccc1Cl)C(=O)CN(c1cccc(C(F)(F)F)c1)S(=O)(=O)c1ccccc1. The fourth-order valence-electron chi connectivity index (χ4n) is 4.87. The molecule has 0 heterocycles.